The van der Waals surface area contributed by atoms with Crippen molar-refractivity contribution in [1.82, 2.24) is 10.2 Å². The maximum Gasteiger partial charge on any atom is 0.227 e. The van der Waals surface area contributed by atoms with Gasteiger partial charge in [0.2, 0.25) is 5.91 Å². The van der Waals surface area contributed by atoms with Crippen molar-refractivity contribution in [2.24, 2.45) is 17.3 Å². The summed E-state index contributed by atoms with van der Waals surface area (Å²) in [5.74, 6) is 1.17. The van der Waals surface area contributed by atoms with Crippen LogP contribution in [0.25, 0.3) is 0 Å². The third-order valence-corrected chi connectivity index (χ3v) is 5.63. The third kappa shape index (κ3) is 2.18. The molecule has 2 aliphatic heterocycles. The molecule has 18 heavy (non-hydrogen) atoms. The summed E-state index contributed by atoms with van der Waals surface area (Å²) >= 11 is 0. The van der Waals surface area contributed by atoms with Crippen LogP contribution in [-0.4, -0.2) is 37.0 Å². The first kappa shape index (κ1) is 12.5. The van der Waals surface area contributed by atoms with Crippen molar-refractivity contribution in [3.63, 3.8) is 0 Å². The summed E-state index contributed by atoms with van der Waals surface area (Å²) in [5.41, 5.74) is 0.621. The Balaban J connectivity index is 1.57. The van der Waals surface area contributed by atoms with E-state index in [1.165, 1.54) is 38.5 Å². The van der Waals surface area contributed by atoms with Crippen LogP contribution in [-0.2, 0) is 4.79 Å². The average molecular weight is 250 g/mol. The maximum absolute atomic E-state index is 12.5. The quantitative estimate of drug-likeness (QED) is 0.772. The fourth-order valence-electron chi connectivity index (χ4n) is 4.20. The van der Waals surface area contributed by atoms with Gasteiger partial charge in [-0.1, -0.05) is 19.8 Å². The molecule has 1 N–H and O–H groups in total. The third-order valence-electron chi connectivity index (χ3n) is 5.63. The molecule has 3 fully saturated rings. The highest BCUT2D eigenvalue weighted by atomic mass is 16.2. The molecule has 1 aliphatic carbocycles. The normalized spacial score (nSPS) is 35.3. The Morgan fingerprint density at radius 2 is 1.78 bits per heavy atom. The summed E-state index contributed by atoms with van der Waals surface area (Å²) in [7, 11) is 0. The van der Waals surface area contributed by atoms with Crippen molar-refractivity contribution in [3.8, 4) is 0 Å². The van der Waals surface area contributed by atoms with Crippen molar-refractivity contribution in [3.05, 3.63) is 0 Å². The van der Waals surface area contributed by atoms with Crippen LogP contribution in [0.15, 0.2) is 0 Å². The highest BCUT2D eigenvalue weighted by Gasteiger charge is 2.40. The van der Waals surface area contributed by atoms with Crippen LogP contribution in [0.4, 0.5) is 0 Å². The lowest BCUT2D eigenvalue weighted by molar-refractivity contribution is -0.138. The molecule has 1 saturated carbocycles. The van der Waals surface area contributed by atoms with Crippen LogP contribution in [0.3, 0.4) is 0 Å². The van der Waals surface area contributed by atoms with Gasteiger partial charge in [-0.05, 0) is 43.6 Å². The van der Waals surface area contributed by atoms with Gasteiger partial charge in [0.15, 0.2) is 0 Å². The second-order valence-corrected chi connectivity index (χ2v) is 6.77. The summed E-state index contributed by atoms with van der Waals surface area (Å²) in [6.07, 6.45) is 8.17. The van der Waals surface area contributed by atoms with Crippen LogP contribution in [0.2, 0.25) is 0 Å². The molecule has 3 aliphatic rings. The van der Waals surface area contributed by atoms with E-state index < -0.39 is 0 Å². The summed E-state index contributed by atoms with van der Waals surface area (Å²) < 4.78 is 0. The molecule has 2 saturated heterocycles. The van der Waals surface area contributed by atoms with Crippen molar-refractivity contribution >= 4 is 5.91 Å². The highest BCUT2D eigenvalue weighted by molar-refractivity contribution is 5.79. The molecule has 3 nitrogen and oxygen atoms in total. The van der Waals surface area contributed by atoms with Crippen LogP contribution in [0.1, 0.15) is 45.4 Å². The lowest BCUT2D eigenvalue weighted by Crippen LogP contribution is -2.46. The van der Waals surface area contributed by atoms with Gasteiger partial charge >= 0.3 is 0 Å². The van der Waals surface area contributed by atoms with Crippen LogP contribution in [0.5, 0.6) is 0 Å². The molecule has 0 aromatic heterocycles. The first-order valence-corrected chi connectivity index (χ1v) is 7.70. The number of amides is 1. The SMILES string of the molecule is C[C@@H]1CNC[C@H]1C(=O)N1CCC2(CCCC2)CC1. The molecular weight excluding hydrogens is 224 g/mol. The summed E-state index contributed by atoms with van der Waals surface area (Å²) in [6.45, 7) is 6.13. The number of likely N-dealkylation sites (tertiary alicyclic amines) is 1. The molecule has 102 valence electrons. The second-order valence-electron chi connectivity index (χ2n) is 6.77. The number of hydrogen-bond donors (Lipinski definition) is 1. The molecular formula is C15H26N2O. The summed E-state index contributed by atoms with van der Waals surface area (Å²) in [4.78, 5) is 14.7. The highest BCUT2D eigenvalue weighted by Crippen LogP contribution is 2.46. The number of nitrogens with zero attached hydrogens (tertiary/aromatic N) is 1. The molecule has 2 heterocycles. The van der Waals surface area contributed by atoms with E-state index in [0.29, 0.717) is 17.2 Å². The predicted octanol–water partition coefficient (Wildman–Crippen LogP) is 2.02. The van der Waals surface area contributed by atoms with Gasteiger partial charge in [0.25, 0.3) is 0 Å². The van der Waals surface area contributed by atoms with Crippen molar-refractivity contribution in [1.29, 1.82) is 0 Å². The predicted molar refractivity (Wildman–Crippen MR) is 72.2 cm³/mol. The lowest BCUT2D eigenvalue weighted by Gasteiger charge is -2.40. The Labute approximate surface area is 110 Å². The number of hydrogen-bond acceptors (Lipinski definition) is 2. The van der Waals surface area contributed by atoms with Gasteiger partial charge < -0.3 is 10.2 Å². The lowest BCUT2D eigenvalue weighted by atomic mass is 9.77. The van der Waals surface area contributed by atoms with Crippen molar-refractivity contribution in [2.45, 2.75) is 45.4 Å². The van der Waals surface area contributed by atoms with E-state index >= 15 is 0 Å². The molecule has 0 radical (unpaired) electrons. The van der Waals surface area contributed by atoms with Crippen molar-refractivity contribution < 1.29 is 4.79 Å². The van der Waals surface area contributed by atoms with Gasteiger partial charge in [-0.3, -0.25) is 4.79 Å². The molecule has 1 spiro atoms. The van der Waals surface area contributed by atoms with E-state index in [1.54, 1.807) is 0 Å². The minimum absolute atomic E-state index is 0.239. The minimum Gasteiger partial charge on any atom is -0.342 e. The van der Waals surface area contributed by atoms with E-state index in [9.17, 15) is 4.79 Å². The van der Waals surface area contributed by atoms with Crippen LogP contribution < -0.4 is 5.32 Å². The van der Waals surface area contributed by atoms with Gasteiger partial charge in [0.05, 0.1) is 5.92 Å². The Morgan fingerprint density at radius 1 is 1.11 bits per heavy atom. The van der Waals surface area contributed by atoms with Crippen molar-refractivity contribution in [2.75, 3.05) is 26.2 Å². The zero-order valence-electron chi connectivity index (χ0n) is 11.6. The number of carbonyl (C=O) groups excluding carboxylic acids is 1. The maximum atomic E-state index is 12.5. The smallest absolute Gasteiger partial charge is 0.227 e. The number of carbonyl (C=O) groups is 1. The van der Waals surface area contributed by atoms with Crippen LogP contribution >= 0.6 is 0 Å². The first-order valence-electron chi connectivity index (χ1n) is 7.70. The van der Waals surface area contributed by atoms with Gasteiger partial charge in [-0.15, -0.1) is 0 Å². The van der Waals surface area contributed by atoms with E-state index in [4.69, 9.17) is 0 Å². The number of nitrogens with one attached hydrogen (secondary N) is 1. The molecule has 3 rings (SSSR count). The second kappa shape index (κ2) is 4.84. The zero-order chi connectivity index (χ0) is 12.6. The average Bonchev–Trinajstić information content (AvgIpc) is 2.99. The molecule has 0 aromatic rings. The molecule has 0 unspecified atom stereocenters. The Bertz CT molecular complexity index is 312. The monoisotopic (exact) mass is 250 g/mol. The van der Waals surface area contributed by atoms with E-state index in [-0.39, 0.29) is 5.92 Å². The Kier molecular flexibility index (Phi) is 3.35. The Morgan fingerprint density at radius 3 is 2.33 bits per heavy atom. The molecule has 0 aromatic carbocycles. The first-order chi connectivity index (χ1) is 8.70. The van der Waals surface area contributed by atoms with E-state index in [2.05, 4.69) is 17.1 Å². The van der Waals surface area contributed by atoms with Crippen LogP contribution in [0, 0.1) is 17.3 Å². The molecule has 2 atom stereocenters. The number of piperidine rings is 1. The fraction of sp³-hybridized carbons (Fsp3) is 0.933. The molecule has 3 heteroatoms. The topological polar surface area (TPSA) is 32.3 Å². The van der Waals surface area contributed by atoms with E-state index in [1.807, 2.05) is 0 Å². The van der Waals surface area contributed by atoms with Gasteiger partial charge in [-0.2, -0.15) is 0 Å². The standard InChI is InChI=1S/C15H26N2O/c1-12-10-16-11-13(12)14(18)17-8-6-15(7-9-17)4-2-3-5-15/h12-13,16H,2-11H2,1H3/t12-,13-/m1/s1. The molecule has 0 bridgehead atoms. The fourth-order valence-corrected chi connectivity index (χ4v) is 4.20. The minimum atomic E-state index is 0.239. The van der Waals surface area contributed by atoms with E-state index in [0.717, 1.165) is 26.2 Å². The van der Waals surface area contributed by atoms with Gasteiger partial charge in [0, 0.05) is 19.6 Å². The van der Waals surface area contributed by atoms with Gasteiger partial charge in [-0.25, -0.2) is 0 Å². The molecule has 1 amide bonds. The Hall–Kier alpha value is -0.570. The zero-order valence-corrected chi connectivity index (χ0v) is 11.6. The summed E-state index contributed by atoms with van der Waals surface area (Å²) in [5, 5.41) is 3.34. The number of rotatable bonds is 1. The van der Waals surface area contributed by atoms with Gasteiger partial charge in [0.1, 0.15) is 0 Å². The summed E-state index contributed by atoms with van der Waals surface area (Å²) in [6, 6.07) is 0. The largest absolute Gasteiger partial charge is 0.342 e.